The van der Waals surface area contributed by atoms with Gasteiger partial charge in [-0.25, -0.2) is 0 Å². The third-order valence-corrected chi connectivity index (χ3v) is 2.59. The van der Waals surface area contributed by atoms with Crippen LogP contribution in [0.1, 0.15) is 11.1 Å². The average molecular weight is 231 g/mol. The Morgan fingerprint density at radius 1 is 1.29 bits per heavy atom. The maximum Gasteiger partial charge on any atom is 0.275 e. The van der Waals surface area contributed by atoms with Crippen molar-refractivity contribution >= 4 is 5.82 Å². The van der Waals surface area contributed by atoms with E-state index in [-0.39, 0.29) is 11.6 Å². The zero-order valence-corrected chi connectivity index (χ0v) is 9.64. The molecule has 0 unspecified atom stereocenters. The highest BCUT2D eigenvalue weighted by atomic mass is 16.3. The first-order valence-electron chi connectivity index (χ1n) is 5.16. The molecule has 0 saturated heterocycles. The quantitative estimate of drug-likeness (QED) is 0.771. The number of aromatic nitrogens is 2. The largest absolute Gasteiger partial charge is 0.504 e. The first-order chi connectivity index (χ1) is 8.00. The number of benzene rings is 1. The van der Waals surface area contributed by atoms with Crippen LogP contribution in [-0.4, -0.2) is 14.9 Å². The summed E-state index contributed by atoms with van der Waals surface area (Å²) in [6.07, 6.45) is 0. The molecule has 5 heteroatoms. The summed E-state index contributed by atoms with van der Waals surface area (Å²) in [5.41, 5.74) is 7.64. The van der Waals surface area contributed by atoms with Crippen LogP contribution in [0.25, 0.3) is 5.69 Å². The molecule has 0 atom stereocenters. The average Bonchev–Trinajstić information content (AvgIpc) is 2.25. The molecule has 3 N–H and O–H groups in total. The first kappa shape index (κ1) is 11.2. The van der Waals surface area contributed by atoms with Gasteiger partial charge in [0.25, 0.3) is 5.56 Å². The monoisotopic (exact) mass is 231 g/mol. The number of nitrogens with zero attached hydrogens (tertiary/aromatic N) is 2. The van der Waals surface area contributed by atoms with Crippen LogP contribution in [0, 0.1) is 13.8 Å². The van der Waals surface area contributed by atoms with Crippen molar-refractivity contribution in [3.05, 3.63) is 45.7 Å². The van der Waals surface area contributed by atoms with Crippen molar-refractivity contribution in [2.75, 3.05) is 5.73 Å². The van der Waals surface area contributed by atoms with Crippen LogP contribution in [0.15, 0.2) is 29.1 Å². The van der Waals surface area contributed by atoms with E-state index in [4.69, 9.17) is 5.73 Å². The Bertz CT molecular complexity index is 612. The number of nitrogens with two attached hydrogens (primary N) is 1. The third kappa shape index (κ3) is 1.87. The Labute approximate surface area is 98.1 Å². The molecule has 88 valence electrons. The minimum Gasteiger partial charge on any atom is -0.504 e. The van der Waals surface area contributed by atoms with Gasteiger partial charge in [0.1, 0.15) is 0 Å². The lowest BCUT2D eigenvalue weighted by molar-refractivity contribution is 0.471. The predicted octanol–water partition coefficient (Wildman–Crippen LogP) is 1.14. The lowest BCUT2D eigenvalue weighted by Gasteiger charge is -2.11. The van der Waals surface area contributed by atoms with E-state index in [1.165, 1.54) is 4.68 Å². The molecule has 0 radical (unpaired) electrons. The Balaban J connectivity index is 2.78. The van der Waals surface area contributed by atoms with E-state index < -0.39 is 5.56 Å². The molecule has 0 spiro atoms. The summed E-state index contributed by atoms with van der Waals surface area (Å²) in [6.45, 7) is 3.78. The highest BCUT2D eigenvalue weighted by Gasteiger charge is 2.10. The predicted molar refractivity (Wildman–Crippen MR) is 65.4 cm³/mol. The Morgan fingerprint density at radius 3 is 2.47 bits per heavy atom. The summed E-state index contributed by atoms with van der Waals surface area (Å²) >= 11 is 0. The number of hydrogen-bond donors (Lipinski definition) is 2. The zero-order chi connectivity index (χ0) is 12.6. The molecule has 17 heavy (non-hydrogen) atoms. The van der Waals surface area contributed by atoms with Gasteiger partial charge in [0.15, 0.2) is 11.6 Å². The van der Waals surface area contributed by atoms with Crippen molar-refractivity contribution in [2.45, 2.75) is 13.8 Å². The second-order valence-electron chi connectivity index (χ2n) is 3.91. The van der Waals surface area contributed by atoms with Crippen LogP contribution in [0.2, 0.25) is 0 Å². The third-order valence-electron chi connectivity index (χ3n) is 2.59. The van der Waals surface area contributed by atoms with Gasteiger partial charge >= 0.3 is 0 Å². The molecule has 0 bridgehead atoms. The summed E-state index contributed by atoms with van der Waals surface area (Å²) in [5, 5.41) is 13.2. The summed E-state index contributed by atoms with van der Waals surface area (Å²) in [6, 6.07) is 6.75. The molecule has 2 aromatic rings. The number of anilines is 1. The Kier molecular flexibility index (Phi) is 2.59. The molecule has 0 saturated carbocycles. The highest BCUT2D eigenvalue weighted by Crippen LogP contribution is 2.18. The van der Waals surface area contributed by atoms with E-state index in [9.17, 15) is 9.90 Å². The van der Waals surface area contributed by atoms with Crippen LogP contribution in [0.4, 0.5) is 5.82 Å². The fourth-order valence-corrected chi connectivity index (χ4v) is 1.76. The van der Waals surface area contributed by atoms with Gasteiger partial charge in [-0.3, -0.25) is 4.79 Å². The number of para-hydroxylation sites is 1. The van der Waals surface area contributed by atoms with Gasteiger partial charge in [0, 0.05) is 0 Å². The molecule has 0 aliphatic rings. The lowest BCUT2D eigenvalue weighted by Crippen LogP contribution is -2.22. The Morgan fingerprint density at radius 2 is 1.88 bits per heavy atom. The fourth-order valence-electron chi connectivity index (χ4n) is 1.76. The molecule has 5 nitrogen and oxygen atoms in total. The number of hydrogen-bond acceptors (Lipinski definition) is 4. The van der Waals surface area contributed by atoms with Crippen molar-refractivity contribution < 1.29 is 5.11 Å². The molecule has 1 heterocycles. The maximum atomic E-state index is 11.8. The summed E-state index contributed by atoms with van der Waals surface area (Å²) in [5.74, 6) is -0.357. The van der Waals surface area contributed by atoms with Gasteiger partial charge in [-0.2, -0.15) is 4.68 Å². The van der Waals surface area contributed by atoms with Crippen LogP contribution in [-0.2, 0) is 0 Å². The van der Waals surface area contributed by atoms with Crippen LogP contribution >= 0.6 is 0 Å². The smallest absolute Gasteiger partial charge is 0.275 e. The van der Waals surface area contributed by atoms with Gasteiger partial charge in [-0.15, -0.1) is 5.10 Å². The first-order valence-corrected chi connectivity index (χ1v) is 5.16. The van der Waals surface area contributed by atoms with Gasteiger partial charge in [0.2, 0.25) is 0 Å². The Hall–Kier alpha value is -2.30. The number of aromatic hydroxyl groups is 1. The van der Waals surface area contributed by atoms with Crippen molar-refractivity contribution in [2.24, 2.45) is 0 Å². The lowest BCUT2D eigenvalue weighted by atomic mass is 10.1. The van der Waals surface area contributed by atoms with Crippen molar-refractivity contribution in [3.8, 4) is 11.4 Å². The standard InChI is InChI=1S/C12H13N3O2/c1-7-4-3-5-8(2)11(7)15-10(17)6-9(16)12(13)14-15/h3-6,16H,1-2H3,(H2,13,14). The summed E-state index contributed by atoms with van der Waals surface area (Å²) in [4.78, 5) is 11.8. The van der Waals surface area contributed by atoms with Gasteiger partial charge in [0.05, 0.1) is 11.8 Å². The topological polar surface area (TPSA) is 81.1 Å². The fraction of sp³-hybridized carbons (Fsp3) is 0.167. The molecule has 2 rings (SSSR count). The van der Waals surface area contributed by atoms with E-state index in [1.54, 1.807) is 0 Å². The zero-order valence-electron chi connectivity index (χ0n) is 9.64. The SMILES string of the molecule is Cc1cccc(C)c1-n1nc(N)c(O)cc1=O. The second-order valence-corrected chi connectivity index (χ2v) is 3.91. The summed E-state index contributed by atoms with van der Waals surface area (Å²) in [7, 11) is 0. The highest BCUT2D eigenvalue weighted by molar-refractivity contribution is 5.49. The molecule has 1 aromatic carbocycles. The number of rotatable bonds is 1. The second kappa shape index (κ2) is 3.93. The van der Waals surface area contributed by atoms with E-state index >= 15 is 0 Å². The molecule has 0 aliphatic heterocycles. The number of aryl methyl sites for hydroxylation is 2. The van der Waals surface area contributed by atoms with Crippen LogP contribution in [0.5, 0.6) is 5.75 Å². The van der Waals surface area contributed by atoms with E-state index in [0.29, 0.717) is 5.69 Å². The minimum absolute atomic E-state index is 0.0627. The van der Waals surface area contributed by atoms with Crippen LogP contribution < -0.4 is 11.3 Å². The van der Waals surface area contributed by atoms with E-state index in [0.717, 1.165) is 17.2 Å². The molecule has 0 aliphatic carbocycles. The van der Waals surface area contributed by atoms with Crippen LogP contribution in [0.3, 0.4) is 0 Å². The molecular formula is C12H13N3O2. The molecule has 0 fully saturated rings. The van der Waals surface area contributed by atoms with Crippen molar-refractivity contribution in [3.63, 3.8) is 0 Å². The number of nitrogen functional groups attached to an aromatic ring is 1. The van der Waals surface area contributed by atoms with Crippen molar-refractivity contribution in [1.29, 1.82) is 0 Å². The summed E-state index contributed by atoms with van der Waals surface area (Å²) < 4.78 is 1.21. The van der Waals surface area contributed by atoms with Gasteiger partial charge in [-0.1, -0.05) is 18.2 Å². The minimum atomic E-state index is -0.408. The maximum absolute atomic E-state index is 11.8. The van der Waals surface area contributed by atoms with Gasteiger partial charge in [-0.05, 0) is 25.0 Å². The van der Waals surface area contributed by atoms with E-state index in [1.807, 2.05) is 32.0 Å². The molecule has 0 amide bonds. The molecular weight excluding hydrogens is 218 g/mol. The van der Waals surface area contributed by atoms with Crippen molar-refractivity contribution in [1.82, 2.24) is 9.78 Å². The normalized spacial score (nSPS) is 10.5. The van der Waals surface area contributed by atoms with Gasteiger partial charge < -0.3 is 10.8 Å². The van der Waals surface area contributed by atoms with E-state index in [2.05, 4.69) is 5.10 Å². The molecule has 1 aromatic heterocycles.